The largest absolute Gasteiger partial charge is 0.366 e. The van der Waals surface area contributed by atoms with Gasteiger partial charge in [-0.15, -0.1) is 11.3 Å². The van der Waals surface area contributed by atoms with E-state index >= 15 is 0 Å². The van der Waals surface area contributed by atoms with Gasteiger partial charge in [-0.05, 0) is 42.5 Å². The summed E-state index contributed by atoms with van der Waals surface area (Å²) in [6.45, 7) is 0. The second-order valence-electron chi connectivity index (χ2n) is 5.96. The zero-order valence-electron chi connectivity index (χ0n) is 14.2. The molecule has 132 valence electrons. The Morgan fingerprint density at radius 3 is 2.30 bits per heavy atom. The number of benzene rings is 3. The van der Waals surface area contributed by atoms with Crippen molar-refractivity contribution in [2.24, 2.45) is 5.73 Å². The van der Waals surface area contributed by atoms with Crippen molar-refractivity contribution in [3.63, 3.8) is 0 Å². The van der Waals surface area contributed by atoms with Crippen molar-refractivity contribution in [3.8, 4) is 10.6 Å². The molecule has 0 aliphatic heterocycles. The molecule has 4 aromatic rings. The lowest BCUT2D eigenvalue weighted by Gasteiger charge is -2.04. The number of hydrogen-bond acceptors (Lipinski definition) is 4. The quantitative estimate of drug-likeness (QED) is 0.559. The SMILES string of the molecule is NC(=O)c1ccc(-c2nc3ccc(C(=O)Nc4ccccc4)cc3s2)cc1. The van der Waals surface area contributed by atoms with Gasteiger partial charge < -0.3 is 11.1 Å². The van der Waals surface area contributed by atoms with Crippen molar-refractivity contribution in [1.82, 2.24) is 4.98 Å². The third kappa shape index (κ3) is 3.56. The zero-order valence-corrected chi connectivity index (χ0v) is 15.0. The number of anilines is 1. The minimum absolute atomic E-state index is 0.163. The first kappa shape index (κ1) is 16.9. The van der Waals surface area contributed by atoms with Gasteiger partial charge in [-0.2, -0.15) is 0 Å². The number of nitrogens with zero attached hydrogens (tertiary/aromatic N) is 1. The number of carbonyl (C=O) groups is 2. The maximum atomic E-state index is 12.5. The van der Waals surface area contributed by atoms with E-state index in [2.05, 4.69) is 10.3 Å². The number of para-hydroxylation sites is 1. The number of aromatic nitrogens is 1. The fourth-order valence-corrected chi connectivity index (χ4v) is 3.70. The highest BCUT2D eigenvalue weighted by Crippen LogP contribution is 2.31. The fourth-order valence-electron chi connectivity index (χ4n) is 2.69. The summed E-state index contributed by atoms with van der Waals surface area (Å²) in [5, 5.41) is 3.70. The van der Waals surface area contributed by atoms with E-state index in [-0.39, 0.29) is 5.91 Å². The van der Waals surface area contributed by atoms with Gasteiger partial charge in [-0.3, -0.25) is 9.59 Å². The number of hydrogen-bond donors (Lipinski definition) is 2. The van der Waals surface area contributed by atoms with E-state index in [9.17, 15) is 9.59 Å². The van der Waals surface area contributed by atoms with Gasteiger partial charge in [0.05, 0.1) is 10.2 Å². The summed E-state index contributed by atoms with van der Waals surface area (Å²) >= 11 is 1.50. The third-order valence-electron chi connectivity index (χ3n) is 4.10. The molecule has 1 heterocycles. The number of amides is 2. The topological polar surface area (TPSA) is 85.1 Å². The highest BCUT2D eigenvalue weighted by atomic mass is 32.1. The molecule has 5 nitrogen and oxygen atoms in total. The second-order valence-corrected chi connectivity index (χ2v) is 6.99. The molecule has 27 heavy (non-hydrogen) atoms. The molecule has 6 heteroatoms. The minimum Gasteiger partial charge on any atom is -0.366 e. The van der Waals surface area contributed by atoms with Crippen LogP contribution in [0.3, 0.4) is 0 Å². The molecule has 2 amide bonds. The lowest BCUT2D eigenvalue weighted by molar-refractivity contribution is 0.0997. The summed E-state index contributed by atoms with van der Waals surface area (Å²) in [6, 6.07) is 21.8. The van der Waals surface area contributed by atoms with Crippen LogP contribution in [0.1, 0.15) is 20.7 Å². The first-order valence-corrected chi connectivity index (χ1v) is 9.09. The Morgan fingerprint density at radius 2 is 1.59 bits per heavy atom. The molecular formula is C21H15N3O2S. The molecule has 0 saturated heterocycles. The van der Waals surface area contributed by atoms with Crippen LogP contribution in [-0.4, -0.2) is 16.8 Å². The van der Waals surface area contributed by atoms with Crippen LogP contribution in [0.2, 0.25) is 0 Å². The molecule has 1 aromatic heterocycles. The van der Waals surface area contributed by atoms with Crippen molar-refractivity contribution in [1.29, 1.82) is 0 Å². The lowest BCUT2D eigenvalue weighted by Crippen LogP contribution is -2.11. The normalized spacial score (nSPS) is 10.7. The van der Waals surface area contributed by atoms with E-state index in [1.807, 2.05) is 54.6 Å². The molecule has 0 radical (unpaired) electrons. The van der Waals surface area contributed by atoms with E-state index in [1.54, 1.807) is 18.2 Å². The zero-order chi connectivity index (χ0) is 18.8. The van der Waals surface area contributed by atoms with Crippen LogP contribution in [0.15, 0.2) is 72.8 Å². The van der Waals surface area contributed by atoms with Crippen LogP contribution < -0.4 is 11.1 Å². The fraction of sp³-hybridized carbons (Fsp3) is 0. The minimum atomic E-state index is -0.458. The Bertz CT molecular complexity index is 1140. The Morgan fingerprint density at radius 1 is 0.889 bits per heavy atom. The van der Waals surface area contributed by atoms with Crippen molar-refractivity contribution in [2.45, 2.75) is 0 Å². The molecule has 0 bridgehead atoms. The summed E-state index contributed by atoms with van der Waals surface area (Å²) in [5.41, 5.74) is 8.78. The van der Waals surface area contributed by atoms with Crippen LogP contribution >= 0.6 is 11.3 Å². The number of carbonyl (C=O) groups excluding carboxylic acids is 2. The third-order valence-corrected chi connectivity index (χ3v) is 5.17. The van der Waals surface area contributed by atoms with Gasteiger partial charge in [0.1, 0.15) is 5.01 Å². The van der Waals surface area contributed by atoms with Crippen molar-refractivity contribution >= 4 is 39.1 Å². The van der Waals surface area contributed by atoms with Gasteiger partial charge in [0, 0.05) is 22.4 Å². The number of thiazole rings is 1. The Balaban J connectivity index is 1.61. The number of fused-ring (bicyclic) bond motifs is 1. The standard InChI is InChI=1S/C21H15N3O2S/c22-19(25)13-6-8-14(9-7-13)21-24-17-11-10-15(12-18(17)27-21)20(26)23-16-4-2-1-3-5-16/h1-12H,(H2,22,25)(H,23,26). The van der Waals surface area contributed by atoms with Gasteiger partial charge >= 0.3 is 0 Å². The predicted octanol–water partition coefficient (Wildman–Crippen LogP) is 4.31. The average molecular weight is 373 g/mol. The summed E-state index contributed by atoms with van der Waals surface area (Å²) in [6.07, 6.45) is 0. The summed E-state index contributed by atoms with van der Waals surface area (Å²) < 4.78 is 0.921. The highest BCUT2D eigenvalue weighted by molar-refractivity contribution is 7.21. The summed E-state index contributed by atoms with van der Waals surface area (Å²) in [7, 11) is 0. The summed E-state index contributed by atoms with van der Waals surface area (Å²) in [5.74, 6) is -0.621. The smallest absolute Gasteiger partial charge is 0.255 e. The van der Waals surface area contributed by atoms with Crippen molar-refractivity contribution in [3.05, 3.63) is 83.9 Å². The van der Waals surface area contributed by atoms with Crippen LogP contribution in [0, 0.1) is 0 Å². The maximum Gasteiger partial charge on any atom is 0.255 e. The molecule has 0 fully saturated rings. The van der Waals surface area contributed by atoms with Crippen LogP contribution in [-0.2, 0) is 0 Å². The predicted molar refractivity (Wildman–Crippen MR) is 108 cm³/mol. The molecule has 0 saturated carbocycles. The Hall–Kier alpha value is -3.51. The number of rotatable bonds is 4. The molecule has 0 aliphatic carbocycles. The molecule has 3 aromatic carbocycles. The van der Waals surface area contributed by atoms with E-state index in [1.165, 1.54) is 11.3 Å². The number of nitrogens with one attached hydrogen (secondary N) is 1. The van der Waals surface area contributed by atoms with E-state index in [0.717, 1.165) is 26.5 Å². The van der Waals surface area contributed by atoms with Crippen molar-refractivity contribution in [2.75, 3.05) is 5.32 Å². The monoisotopic (exact) mass is 373 g/mol. The molecule has 0 atom stereocenters. The van der Waals surface area contributed by atoms with Crippen LogP contribution in [0.4, 0.5) is 5.69 Å². The van der Waals surface area contributed by atoms with Gasteiger partial charge in [0.25, 0.3) is 5.91 Å². The number of nitrogens with two attached hydrogens (primary N) is 1. The van der Waals surface area contributed by atoms with E-state index in [4.69, 9.17) is 5.73 Å². The molecule has 4 rings (SSSR count). The molecule has 0 aliphatic rings. The van der Waals surface area contributed by atoms with E-state index in [0.29, 0.717) is 11.1 Å². The lowest BCUT2D eigenvalue weighted by atomic mass is 10.1. The molecule has 3 N–H and O–H groups in total. The maximum absolute atomic E-state index is 12.5. The first-order valence-electron chi connectivity index (χ1n) is 8.27. The highest BCUT2D eigenvalue weighted by Gasteiger charge is 2.11. The van der Waals surface area contributed by atoms with Gasteiger partial charge in [-0.25, -0.2) is 4.98 Å². The van der Waals surface area contributed by atoms with Gasteiger partial charge in [-0.1, -0.05) is 30.3 Å². The number of primary amides is 1. The van der Waals surface area contributed by atoms with Crippen LogP contribution in [0.25, 0.3) is 20.8 Å². The average Bonchev–Trinajstić information content (AvgIpc) is 3.12. The van der Waals surface area contributed by atoms with Crippen LogP contribution in [0.5, 0.6) is 0 Å². The second kappa shape index (κ2) is 7.01. The summed E-state index contributed by atoms with van der Waals surface area (Å²) in [4.78, 5) is 28.3. The van der Waals surface area contributed by atoms with Crippen molar-refractivity contribution < 1.29 is 9.59 Å². The Kier molecular flexibility index (Phi) is 4.40. The molecular weight excluding hydrogens is 358 g/mol. The molecule has 0 unspecified atom stereocenters. The molecule has 0 spiro atoms. The van der Waals surface area contributed by atoms with Gasteiger partial charge in [0.2, 0.25) is 5.91 Å². The first-order chi connectivity index (χ1) is 13.1. The Labute approximate surface area is 159 Å². The van der Waals surface area contributed by atoms with Gasteiger partial charge in [0.15, 0.2) is 0 Å². The van der Waals surface area contributed by atoms with E-state index < -0.39 is 5.91 Å².